The van der Waals surface area contributed by atoms with Gasteiger partial charge in [0, 0.05) is 25.6 Å². The van der Waals surface area contributed by atoms with Crippen molar-refractivity contribution in [2.24, 2.45) is 0 Å². The van der Waals surface area contributed by atoms with E-state index in [-0.39, 0.29) is 5.25 Å². The number of nitrogens with zero attached hydrogens (tertiary/aromatic N) is 2. The van der Waals surface area contributed by atoms with Gasteiger partial charge in [-0.1, -0.05) is 0 Å². The molecule has 0 amide bonds. The van der Waals surface area contributed by atoms with Gasteiger partial charge in [-0.3, -0.25) is 0 Å². The van der Waals surface area contributed by atoms with Crippen molar-refractivity contribution in [3.63, 3.8) is 0 Å². The van der Waals surface area contributed by atoms with E-state index in [0.717, 1.165) is 37.3 Å². The Hall–Kier alpha value is -1.37. The first-order valence-corrected chi connectivity index (χ1v) is 8.82. The van der Waals surface area contributed by atoms with Crippen molar-refractivity contribution in [3.8, 4) is 0 Å². The second-order valence-electron chi connectivity index (χ2n) is 5.53. The van der Waals surface area contributed by atoms with Crippen molar-refractivity contribution in [2.45, 2.75) is 36.9 Å². The fourth-order valence-electron chi connectivity index (χ4n) is 2.51. The van der Waals surface area contributed by atoms with Crippen molar-refractivity contribution < 1.29 is 8.42 Å². The molecule has 0 bridgehead atoms. The molecule has 0 spiro atoms. The zero-order valence-corrected chi connectivity index (χ0v) is 12.4. The predicted molar refractivity (Wildman–Crippen MR) is 78.9 cm³/mol. The Morgan fingerprint density at radius 3 is 2.60 bits per heavy atom. The monoisotopic (exact) mass is 296 g/mol. The van der Waals surface area contributed by atoms with Gasteiger partial charge in [0.05, 0.1) is 11.0 Å². The molecule has 1 aromatic heterocycles. The third-order valence-electron chi connectivity index (χ3n) is 3.92. The molecule has 1 unspecified atom stereocenters. The highest BCUT2D eigenvalue weighted by Crippen LogP contribution is 2.38. The van der Waals surface area contributed by atoms with Crippen molar-refractivity contribution in [3.05, 3.63) is 11.9 Å². The maximum atomic E-state index is 11.8. The van der Waals surface area contributed by atoms with Crippen LogP contribution >= 0.6 is 0 Å². The van der Waals surface area contributed by atoms with Gasteiger partial charge in [0.25, 0.3) is 0 Å². The number of hydrogen-bond donors (Lipinski definition) is 2. The predicted octanol–water partition coefficient (Wildman–Crippen LogP) is 1.38. The summed E-state index contributed by atoms with van der Waals surface area (Å²) in [5.74, 6) is 3.14. The van der Waals surface area contributed by atoms with Gasteiger partial charge in [0.15, 0.2) is 9.84 Å². The molecule has 2 N–H and O–H groups in total. The second-order valence-corrected chi connectivity index (χ2v) is 7.93. The summed E-state index contributed by atoms with van der Waals surface area (Å²) in [5, 5.41) is 5.92. The Balaban J connectivity index is 1.72. The number of aromatic nitrogens is 2. The van der Waals surface area contributed by atoms with E-state index in [1.165, 1.54) is 0 Å². The van der Waals surface area contributed by atoms with E-state index < -0.39 is 9.84 Å². The smallest absolute Gasteiger partial charge is 0.154 e. The van der Waals surface area contributed by atoms with Gasteiger partial charge >= 0.3 is 0 Å². The summed E-state index contributed by atoms with van der Waals surface area (Å²) >= 11 is 0. The van der Waals surface area contributed by atoms with Crippen LogP contribution in [0.4, 0.5) is 11.6 Å². The standard InChI is InChI=1S/C13H20N4O2S/c1-14-11-7-12(17-13(16-11)9-4-5-9)15-8-10-3-2-6-20(10,18)19/h7,9-10H,2-6,8H2,1H3,(H2,14,15,16,17). The lowest BCUT2D eigenvalue weighted by Gasteiger charge is -2.13. The Kier molecular flexibility index (Phi) is 3.54. The molecule has 7 heteroatoms. The minimum atomic E-state index is -2.91. The molecular weight excluding hydrogens is 276 g/mol. The average molecular weight is 296 g/mol. The zero-order valence-electron chi connectivity index (χ0n) is 11.6. The van der Waals surface area contributed by atoms with Crippen molar-refractivity contribution in [2.75, 3.05) is 30.0 Å². The molecule has 20 heavy (non-hydrogen) atoms. The molecule has 1 saturated heterocycles. The van der Waals surface area contributed by atoms with Gasteiger partial charge in [-0.25, -0.2) is 18.4 Å². The first-order valence-electron chi connectivity index (χ1n) is 7.10. The first-order chi connectivity index (χ1) is 9.58. The lowest BCUT2D eigenvalue weighted by Crippen LogP contribution is -2.25. The van der Waals surface area contributed by atoms with Crippen LogP contribution in [0.2, 0.25) is 0 Å². The van der Waals surface area contributed by atoms with Crippen LogP contribution in [-0.2, 0) is 9.84 Å². The van der Waals surface area contributed by atoms with Crippen molar-refractivity contribution in [1.82, 2.24) is 9.97 Å². The molecular formula is C13H20N4O2S. The van der Waals surface area contributed by atoms with E-state index >= 15 is 0 Å². The van der Waals surface area contributed by atoms with Crippen LogP contribution in [0.1, 0.15) is 37.4 Å². The van der Waals surface area contributed by atoms with Crippen LogP contribution in [0.15, 0.2) is 6.07 Å². The third-order valence-corrected chi connectivity index (χ3v) is 6.19. The van der Waals surface area contributed by atoms with Gasteiger partial charge in [0.2, 0.25) is 0 Å². The SMILES string of the molecule is CNc1cc(NCC2CCCS2(=O)=O)nc(C2CC2)n1. The highest BCUT2D eigenvalue weighted by Gasteiger charge is 2.31. The number of nitrogens with one attached hydrogen (secondary N) is 2. The van der Waals surface area contributed by atoms with Crippen LogP contribution in [0.5, 0.6) is 0 Å². The Bertz CT molecular complexity index is 598. The summed E-state index contributed by atoms with van der Waals surface area (Å²) in [6, 6.07) is 1.83. The minimum Gasteiger partial charge on any atom is -0.373 e. The van der Waals surface area contributed by atoms with Crippen molar-refractivity contribution >= 4 is 21.5 Å². The normalized spacial score (nSPS) is 24.6. The summed E-state index contributed by atoms with van der Waals surface area (Å²) < 4.78 is 23.6. The molecule has 1 aliphatic heterocycles. The van der Waals surface area contributed by atoms with Crippen LogP contribution in [-0.4, -0.2) is 43.0 Å². The molecule has 0 radical (unpaired) electrons. The molecule has 1 aromatic rings. The van der Waals surface area contributed by atoms with E-state index in [1.54, 1.807) is 0 Å². The van der Waals surface area contributed by atoms with E-state index in [0.29, 0.717) is 24.0 Å². The van der Waals surface area contributed by atoms with Crippen LogP contribution in [0.25, 0.3) is 0 Å². The maximum absolute atomic E-state index is 11.8. The number of rotatable bonds is 5. The fraction of sp³-hybridized carbons (Fsp3) is 0.692. The molecule has 110 valence electrons. The largest absolute Gasteiger partial charge is 0.373 e. The molecule has 2 fully saturated rings. The number of hydrogen-bond acceptors (Lipinski definition) is 6. The van der Waals surface area contributed by atoms with E-state index in [4.69, 9.17) is 0 Å². The van der Waals surface area contributed by atoms with E-state index in [2.05, 4.69) is 20.6 Å². The third kappa shape index (κ3) is 2.87. The molecule has 0 aromatic carbocycles. The number of anilines is 2. The topological polar surface area (TPSA) is 84.0 Å². The summed E-state index contributed by atoms with van der Waals surface area (Å²) in [5.41, 5.74) is 0. The highest BCUT2D eigenvalue weighted by molar-refractivity contribution is 7.92. The van der Waals surface area contributed by atoms with Gasteiger partial charge < -0.3 is 10.6 Å². The van der Waals surface area contributed by atoms with Gasteiger partial charge in [-0.2, -0.15) is 0 Å². The van der Waals surface area contributed by atoms with Crippen LogP contribution in [0, 0.1) is 0 Å². The molecule has 6 nitrogen and oxygen atoms in total. The Morgan fingerprint density at radius 2 is 2.00 bits per heavy atom. The quantitative estimate of drug-likeness (QED) is 0.854. The number of sulfone groups is 1. The molecule has 1 saturated carbocycles. The minimum absolute atomic E-state index is 0.278. The van der Waals surface area contributed by atoms with Crippen LogP contribution in [0.3, 0.4) is 0 Å². The lowest BCUT2D eigenvalue weighted by molar-refractivity contribution is 0.591. The fourth-order valence-corrected chi connectivity index (χ4v) is 4.28. The van der Waals surface area contributed by atoms with Gasteiger partial charge in [-0.15, -0.1) is 0 Å². The maximum Gasteiger partial charge on any atom is 0.154 e. The van der Waals surface area contributed by atoms with E-state index in [9.17, 15) is 8.42 Å². The zero-order chi connectivity index (χ0) is 14.2. The molecule has 3 rings (SSSR count). The average Bonchev–Trinajstić information content (AvgIpc) is 3.21. The molecule has 2 aliphatic rings. The first kappa shape index (κ1) is 13.6. The van der Waals surface area contributed by atoms with Crippen LogP contribution < -0.4 is 10.6 Å². The highest BCUT2D eigenvalue weighted by atomic mass is 32.2. The molecule has 1 aliphatic carbocycles. The molecule has 2 heterocycles. The summed E-state index contributed by atoms with van der Waals surface area (Å²) in [4.78, 5) is 8.94. The second kappa shape index (κ2) is 5.20. The Morgan fingerprint density at radius 1 is 1.25 bits per heavy atom. The summed E-state index contributed by atoms with van der Waals surface area (Å²) in [6.07, 6.45) is 3.80. The lowest BCUT2D eigenvalue weighted by atomic mass is 10.2. The van der Waals surface area contributed by atoms with E-state index in [1.807, 2.05) is 13.1 Å². The summed E-state index contributed by atoms with van der Waals surface area (Å²) in [6.45, 7) is 0.437. The van der Waals surface area contributed by atoms with Gasteiger partial charge in [0.1, 0.15) is 17.5 Å². The molecule has 1 atom stereocenters. The van der Waals surface area contributed by atoms with Crippen molar-refractivity contribution in [1.29, 1.82) is 0 Å². The van der Waals surface area contributed by atoms with Gasteiger partial charge in [-0.05, 0) is 25.7 Å². The summed E-state index contributed by atoms with van der Waals surface area (Å²) in [7, 11) is -1.08. The Labute approximate surface area is 119 Å².